The van der Waals surface area contributed by atoms with Crippen molar-refractivity contribution in [3.63, 3.8) is 0 Å². The van der Waals surface area contributed by atoms with Gasteiger partial charge >= 0.3 is 0 Å². The average molecular weight is 298 g/mol. The van der Waals surface area contributed by atoms with Crippen molar-refractivity contribution in [1.82, 2.24) is 10.2 Å². The molecule has 0 aromatic rings. The lowest BCUT2D eigenvalue weighted by atomic mass is 9.83. The molecule has 0 bridgehead atoms. The molecule has 4 heteroatoms. The maximum atomic E-state index is 12.8. The summed E-state index contributed by atoms with van der Waals surface area (Å²) >= 11 is 1.96. The molecule has 20 heavy (non-hydrogen) atoms. The third-order valence-electron chi connectivity index (χ3n) is 5.24. The molecule has 3 nitrogen and oxygen atoms in total. The van der Waals surface area contributed by atoms with Crippen LogP contribution >= 0.6 is 11.8 Å². The number of nitrogens with zero attached hydrogens (tertiary/aromatic N) is 1. The second-order valence-corrected chi connectivity index (χ2v) is 8.20. The van der Waals surface area contributed by atoms with Crippen molar-refractivity contribution in [2.75, 3.05) is 12.8 Å². The molecule has 0 aromatic carbocycles. The number of carbonyl (C=O) groups is 1. The third kappa shape index (κ3) is 2.87. The quantitative estimate of drug-likeness (QED) is 0.818. The van der Waals surface area contributed by atoms with Crippen molar-refractivity contribution in [3.8, 4) is 0 Å². The summed E-state index contributed by atoms with van der Waals surface area (Å²) in [6.45, 7) is 9.70. The van der Waals surface area contributed by atoms with E-state index in [-0.39, 0.29) is 12.2 Å². The highest BCUT2D eigenvalue weighted by Gasteiger charge is 2.47. The number of amides is 1. The molecule has 0 spiro atoms. The molecule has 1 saturated heterocycles. The lowest BCUT2D eigenvalue weighted by molar-refractivity contribution is -0.132. The fraction of sp³-hybridized carbons (Fsp3) is 0.938. The van der Waals surface area contributed by atoms with Gasteiger partial charge in [-0.15, -0.1) is 0 Å². The van der Waals surface area contributed by atoms with Gasteiger partial charge in [0.05, 0.1) is 12.2 Å². The number of thioether (sulfide) groups is 1. The van der Waals surface area contributed by atoms with Crippen LogP contribution in [0.4, 0.5) is 0 Å². The van der Waals surface area contributed by atoms with E-state index in [4.69, 9.17) is 0 Å². The zero-order valence-electron chi connectivity index (χ0n) is 13.6. The van der Waals surface area contributed by atoms with Crippen LogP contribution in [0.3, 0.4) is 0 Å². The van der Waals surface area contributed by atoms with Gasteiger partial charge in [0.25, 0.3) is 0 Å². The highest BCUT2D eigenvalue weighted by molar-refractivity contribution is 8.00. The number of nitrogens with one attached hydrogen (secondary N) is 1. The lowest BCUT2D eigenvalue weighted by Crippen LogP contribution is -2.51. The Morgan fingerprint density at radius 3 is 2.45 bits per heavy atom. The lowest BCUT2D eigenvalue weighted by Gasteiger charge is -2.44. The Balaban J connectivity index is 2.13. The summed E-state index contributed by atoms with van der Waals surface area (Å²) in [6, 6.07) is 0.0198. The Hall–Kier alpha value is -0.220. The molecule has 116 valence electrons. The second kappa shape index (κ2) is 6.27. The van der Waals surface area contributed by atoms with E-state index in [2.05, 4.69) is 44.2 Å². The van der Waals surface area contributed by atoms with Gasteiger partial charge in [-0.3, -0.25) is 10.1 Å². The van der Waals surface area contributed by atoms with E-state index in [0.717, 1.165) is 13.0 Å². The molecule has 2 rings (SSSR count). The van der Waals surface area contributed by atoms with Crippen molar-refractivity contribution < 1.29 is 4.79 Å². The molecule has 1 aliphatic heterocycles. The Labute approximate surface area is 128 Å². The first-order valence-corrected chi connectivity index (χ1v) is 9.28. The van der Waals surface area contributed by atoms with E-state index in [1.807, 2.05) is 11.8 Å². The predicted molar refractivity (Wildman–Crippen MR) is 86.8 cm³/mol. The predicted octanol–water partition coefficient (Wildman–Crippen LogP) is 3.10. The maximum Gasteiger partial charge on any atom is 0.241 e. The Morgan fingerprint density at radius 2 is 2.05 bits per heavy atom. The molecule has 2 fully saturated rings. The van der Waals surface area contributed by atoms with Crippen LogP contribution in [-0.4, -0.2) is 40.6 Å². The topological polar surface area (TPSA) is 32.3 Å². The van der Waals surface area contributed by atoms with Gasteiger partial charge in [0, 0.05) is 11.3 Å². The van der Waals surface area contributed by atoms with Crippen LogP contribution in [-0.2, 0) is 4.79 Å². The summed E-state index contributed by atoms with van der Waals surface area (Å²) < 4.78 is 0.328. The Morgan fingerprint density at radius 1 is 1.40 bits per heavy atom. The number of carbonyl (C=O) groups excluding carboxylic acids is 1. The van der Waals surface area contributed by atoms with Crippen molar-refractivity contribution in [2.24, 2.45) is 11.8 Å². The standard InChI is InChI=1S/C16H30N2OS/c1-6-12(4)13-15(19)18(14(17-13)11(2)3)10-16(20-5)8-7-9-16/h11-14,17H,6-10H2,1-5H3. The minimum Gasteiger partial charge on any atom is -0.324 e. The highest BCUT2D eigenvalue weighted by Crippen LogP contribution is 2.44. The van der Waals surface area contributed by atoms with Crippen LogP contribution in [0.25, 0.3) is 0 Å². The summed E-state index contributed by atoms with van der Waals surface area (Å²) in [4.78, 5) is 15.0. The molecule has 2 aliphatic rings. The smallest absolute Gasteiger partial charge is 0.241 e. The summed E-state index contributed by atoms with van der Waals surface area (Å²) in [5.74, 6) is 1.21. The van der Waals surface area contributed by atoms with E-state index in [9.17, 15) is 4.79 Å². The van der Waals surface area contributed by atoms with Gasteiger partial charge in [-0.1, -0.05) is 40.5 Å². The first-order valence-electron chi connectivity index (χ1n) is 8.06. The number of rotatable bonds is 6. The molecule has 1 N–H and O–H groups in total. The largest absolute Gasteiger partial charge is 0.324 e. The Kier molecular flexibility index (Phi) is 5.06. The van der Waals surface area contributed by atoms with Gasteiger partial charge in [0.15, 0.2) is 0 Å². The monoisotopic (exact) mass is 298 g/mol. The van der Waals surface area contributed by atoms with Crippen molar-refractivity contribution >= 4 is 17.7 Å². The van der Waals surface area contributed by atoms with E-state index in [1.165, 1.54) is 19.3 Å². The van der Waals surface area contributed by atoms with Crippen molar-refractivity contribution in [2.45, 2.75) is 70.3 Å². The van der Waals surface area contributed by atoms with Gasteiger partial charge in [0.2, 0.25) is 5.91 Å². The molecule has 1 heterocycles. The van der Waals surface area contributed by atoms with E-state index in [0.29, 0.717) is 22.5 Å². The first-order chi connectivity index (χ1) is 9.44. The van der Waals surface area contributed by atoms with Crippen LogP contribution in [0.2, 0.25) is 0 Å². The van der Waals surface area contributed by atoms with E-state index >= 15 is 0 Å². The van der Waals surface area contributed by atoms with Gasteiger partial charge in [0.1, 0.15) is 0 Å². The summed E-state index contributed by atoms with van der Waals surface area (Å²) in [6.07, 6.45) is 7.30. The first kappa shape index (κ1) is 16.2. The average Bonchev–Trinajstić information content (AvgIpc) is 2.70. The number of hydrogen-bond donors (Lipinski definition) is 1. The molecule has 1 amide bonds. The molecular formula is C16H30N2OS. The molecule has 1 aliphatic carbocycles. The molecule has 0 aromatic heterocycles. The van der Waals surface area contributed by atoms with Crippen LogP contribution in [0.5, 0.6) is 0 Å². The number of hydrogen-bond acceptors (Lipinski definition) is 3. The minimum atomic E-state index is 0.0198. The van der Waals surface area contributed by atoms with Crippen molar-refractivity contribution in [1.29, 1.82) is 0 Å². The summed E-state index contributed by atoms with van der Waals surface area (Å²) in [5.41, 5.74) is 0. The molecule has 3 atom stereocenters. The van der Waals surface area contributed by atoms with E-state index in [1.54, 1.807) is 0 Å². The SMILES string of the molecule is CCC(C)C1NC(C(C)C)N(CC2(SC)CCC2)C1=O. The third-order valence-corrected chi connectivity index (χ3v) is 6.64. The normalized spacial score (nSPS) is 30.7. The fourth-order valence-electron chi connectivity index (χ4n) is 3.34. The summed E-state index contributed by atoms with van der Waals surface area (Å²) in [5, 5.41) is 3.60. The summed E-state index contributed by atoms with van der Waals surface area (Å²) in [7, 11) is 0. The zero-order chi connectivity index (χ0) is 14.9. The maximum absolute atomic E-state index is 12.8. The minimum absolute atomic E-state index is 0.0198. The van der Waals surface area contributed by atoms with Gasteiger partial charge < -0.3 is 4.90 Å². The zero-order valence-corrected chi connectivity index (χ0v) is 14.4. The van der Waals surface area contributed by atoms with Crippen LogP contribution in [0, 0.1) is 11.8 Å². The van der Waals surface area contributed by atoms with Gasteiger partial charge in [-0.05, 0) is 30.9 Å². The van der Waals surface area contributed by atoms with Gasteiger partial charge in [-0.25, -0.2) is 0 Å². The second-order valence-electron chi connectivity index (χ2n) is 6.93. The van der Waals surface area contributed by atoms with Crippen LogP contribution < -0.4 is 5.32 Å². The fourth-order valence-corrected chi connectivity index (χ4v) is 4.31. The molecule has 1 saturated carbocycles. The molecule has 0 radical (unpaired) electrons. The van der Waals surface area contributed by atoms with Crippen LogP contribution in [0.1, 0.15) is 53.4 Å². The highest BCUT2D eigenvalue weighted by atomic mass is 32.2. The molecular weight excluding hydrogens is 268 g/mol. The Bertz CT molecular complexity index is 349. The molecule has 3 unspecified atom stereocenters. The van der Waals surface area contributed by atoms with E-state index < -0.39 is 0 Å². The van der Waals surface area contributed by atoms with Gasteiger partial charge in [-0.2, -0.15) is 11.8 Å². The van der Waals surface area contributed by atoms with Crippen LogP contribution in [0.15, 0.2) is 0 Å². The van der Waals surface area contributed by atoms with Crippen molar-refractivity contribution in [3.05, 3.63) is 0 Å².